The van der Waals surface area contributed by atoms with Crippen LogP contribution in [0.15, 0.2) is 27.4 Å². The first-order valence-electron chi connectivity index (χ1n) is 5.43. The van der Waals surface area contributed by atoms with Crippen molar-refractivity contribution in [3.63, 3.8) is 0 Å². The van der Waals surface area contributed by atoms with Gasteiger partial charge in [0.2, 0.25) is 0 Å². The maximum atomic E-state index is 10.9. The fourth-order valence-electron chi connectivity index (χ4n) is 2.08. The minimum atomic E-state index is -0.898. The number of carboxylic acid groups (broad SMARTS) is 1. The molecule has 0 saturated heterocycles. The van der Waals surface area contributed by atoms with Crippen molar-refractivity contribution in [1.82, 2.24) is 14.5 Å². The zero-order valence-electron chi connectivity index (χ0n) is 9.34. The molecule has 0 saturated carbocycles. The van der Waals surface area contributed by atoms with Crippen molar-refractivity contribution in [2.75, 3.05) is 6.54 Å². The Hall–Kier alpha value is -1.76. The van der Waals surface area contributed by atoms with Gasteiger partial charge in [-0.3, -0.25) is 0 Å². The molecule has 2 aromatic rings. The van der Waals surface area contributed by atoms with Crippen molar-refractivity contribution in [1.29, 1.82) is 0 Å². The highest BCUT2D eigenvalue weighted by atomic mass is 79.9. The van der Waals surface area contributed by atoms with Gasteiger partial charge in [0.15, 0.2) is 16.3 Å². The van der Waals surface area contributed by atoms with E-state index in [1.807, 2.05) is 16.7 Å². The van der Waals surface area contributed by atoms with E-state index in [-0.39, 0.29) is 0 Å². The molecule has 94 valence electrons. The lowest BCUT2D eigenvalue weighted by atomic mass is 10.3. The molecular formula is C11H10BrN3O3. The summed E-state index contributed by atoms with van der Waals surface area (Å²) in [5, 5.41) is 8.96. The van der Waals surface area contributed by atoms with Gasteiger partial charge in [-0.15, -0.1) is 0 Å². The van der Waals surface area contributed by atoms with E-state index in [4.69, 9.17) is 9.52 Å². The van der Waals surface area contributed by atoms with Crippen LogP contribution in [0.5, 0.6) is 0 Å². The van der Waals surface area contributed by atoms with Gasteiger partial charge in [-0.05, 0) is 28.1 Å². The quantitative estimate of drug-likeness (QED) is 0.877. The molecule has 1 N–H and O–H groups in total. The topological polar surface area (TPSA) is 71.5 Å². The number of rotatable bonds is 1. The third-order valence-electron chi connectivity index (χ3n) is 2.95. The first-order chi connectivity index (χ1) is 8.65. The summed E-state index contributed by atoms with van der Waals surface area (Å²) in [6.45, 7) is 1.42. The number of halogens is 1. The minimum absolute atomic E-state index is 0.365. The van der Waals surface area contributed by atoms with Gasteiger partial charge in [-0.25, -0.2) is 9.78 Å². The highest BCUT2D eigenvalue weighted by molar-refractivity contribution is 9.10. The number of imidazole rings is 1. The van der Waals surface area contributed by atoms with Gasteiger partial charge in [0, 0.05) is 13.1 Å². The Labute approximate surface area is 111 Å². The number of carbonyl (C=O) groups is 1. The predicted octanol–water partition coefficient (Wildman–Crippen LogP) is 2.40. The van der Waals surface area contributed by atoms with Crippen molar-refractivity contribution < 1.29 is 14.3 Å². The van der Waals surface area contributed by atoms with E-state index in [1.54, 1.807) is 6.20 Å². The van der Waals surface area contributed by atoms with Gasteiger partial charge >= 0.3 is 6.09 Å². The lowest BCUT2D eigenvalue weighted by molar-refractivity contribution is 0.133. The van der Waals surface area contributed by atoms with Gasteiger partial charge in [-0.2, -0.15) is 0 Å². The smallest absolute Gasteiger partial charge is 0.407 e. The molecule has 0 bridgehead atoms. The second-order valence-electron chi connectivity index (χ2n) is 4.03. The van der Waals surface area contributed by atoms with E-state index >= 15 is 0 Å². The lowest BCUT2D eigenvalue weighted by Gasteiger charge is -2.26. The SMILES string of the molecule is O=C(O)N1CCn2c(cnc2-c2ccc(Br)o2)C1. The van der Waals surface area contributed by atoms with Crippen molar-refractivity contribution in [3.8, 4) is 11.6 Å². The van der Waals surface area contributed by atoms with Crippen molar-refractivity contribution in [2.45, 2.75) is 13.1 Å². The molecule has 6 nitrogen and oxygen atoms in total. The summed E-state index contributed by atoms with van der Waals surface area (Å²) in [5.41, 5.74) is 0.881. The molecular weight excluding hydrogens is 302 g/mol. The summed E-state index contributed by atoms with van der Waals surface area (Å²) in [6, 6.07) is 3.65. The molecule has 3 rings (SSSR count). The van der Waals surface area contributed by atoms with E-state index in [0.29, 0.717) is 30.1 Å². The largest absolute Gasteiger partial charge is 0.465 e. The summed E-state index contributed by atoms with van der Waals surface area (Å²) >= 11 is 3.25. The van der Waals surface area contributed by atoms with Crippen LogP contribution >= 0.6 is 15.9 Å². The number of furan rings is 1. The van der Waals surface area contributed by atoms with Crippen molar-refractivity contribution in [2.24, 2.45) is 0 Å². The standard InChI is InChI=1S/C11H10BrN3O3/c12-9-2-1-8(18-9)10-13-5-7-6-14(11(16)17)3-4-15(7)10/h1-2,5H,3-4,6H2,(H,16,17). The molecule has 0 unspecified atom stereocenters. The van der Waals surface area contributed by atoms with Crippen LogP contribution in [0.25, 0.3) is 11.6 Å². The Morgan fingerprint density at radius 2 is 2.28 bits per heavy atom. The summed E-state index contributed by atoms with van der Waals surface area (Å²) in [5.74, 6) is 1.41. The molecule has 0 aliphatic carbocycles. The van der Waals surface area contributed by atoms with Gasteiger partial charge in [-0.1, -0.05) is 0 Å². The van der Waals surface area contributed by atoms with E-state index in [9.17, 15) is 4.79 Å². The Morgan fingerprint density at radius 1 is 1.44 bits per heavy atom. The fraction of sp³-hybridized carbons (Fsp3) is 0.273. The molecule has 0 aromatic carbocycles. The number of nitrogens with zero attached hydrogens (tertiary/aromatic N) is 3. The highest BCUT2D eigenvalue weighted by Gasteiger charge is 2.23. The van der Waals surface area contributed by atoms with Gasteiger partial charge in [0.25, 0.3) is 0 Å². The molecule has 1 amide bonds. The van der Waals surface area contributed by atoms with Crippen LogP contribution in [0.4, 0.5) is 4.79 Å². The molecule has 0 spiro atoms. The van der Waals surface area contributed by atoms with Crippen LogP contribution in [0.2, 0.25) is 0 Å². The zero-order chi connectivity index (χ0) is 12.7. The number of fused-ring (bicyclic) bond motifs is 1. The minimum Gasteiger partial charge on any atom is -0.465 e. The van der Waals surface area contributed by atoms with Crippen LogP contribution < -0.4 is 0 Å². The first kappa shape index (κ1) is 11.3. The summed E-state index contributed by atoms with van der Waals surface area (Å²) in [7, 11) is 0. The highest BCUT2D eigenvalue weighted by Crippen LogP contribution is 2.26. The van der Waals surface area contributed by atoms with Crippen molar-refractivity contribution >= 4 is 22.0 Å². The van der Waals surface area contributed by atoms with Crippen LogP contribution in [0, 0.1) is 0 Å². The first-order valence-corrected chi connectivity index (χ1v) is 6.22. The van der Waals surface area contributed by atoms with Crippen molar-refractivity contribution in [3.05, 3.63) is 28.7 Å². The van der Waals surface area contributed by atoms with Gasteiger partial charge in [0.05, 0.1) is 18.4 Å². The van der Waals surface area contributed by atoms with E-state index in [1.165, 1.54) is 4.90 Å². The number of aromatic nitrogens is 2. The van der Waals surface area contributed by atoms with Crippen LogP contribution in [-0.4, -0.2) is 32.2 Å². The predicted molar refractivity (Wildman–Crippen MR) is 66.1 cm³/mol. The average Bonchev–Trinajstić information content (AvgIpc) is 2.93. The third kappa shape index (κ3) is 1.80. The Morgan fingerprint density at radius 3 is 2.94 bits per heavy atom. The molecule has 1 aliphatic rings. The Kier molecular flexibility index (Phi) is 2.62. The van der Waals surface area contributed by atoms with Gasteiger partial charge in [0.1, 0.15) is 0 Å². The lowest BCUT2D eigenvalue weighted by Crippen LogP contribution is -2.37. The Bertz CT molecular complexity index is 604. The fourth-order valence-corrected chi connectivity index (χ4v) is 2.38. The third-order valence-corrected chi connectivity index (χ3v) is 3.37. The van der Waals surface area contributed by atoms with Gasteiger partial charge < -0.3 is 19.0 Å². The molecule has 0 fully saturated rings. The normalized spacial score (nSPS) is 14.6. The molecule has 7 heteroatoms. The second kappa shape index (κ2) is 4.16. The van der Waals surface area contributed by atoms with E-state index < -0.39 is 6.09 Å². The number of hydrogen-bond donors (Lipinski definition) is 1. The number of amides is 1. The Balaban J connectivity index is 1.95. The second-order valence-corrected chi connectivity index (χ2v) is 4.81. The van der Waals surface area contributed by atoms with Crippen LogP contribution in [0.3, 0.4) is 0 Å². The molecule has 18 heavy (non-hydrogen) atoms. The monoisotopic (exact) mass is 311 g/mol. The number of hydrogen-bond acceptors (Lipinski definition) is 3. The summed E-state index contributed by atoms with van der Waals surface area (Å²) in [6.07, 6.45) is 0.797. The zero-order valence-corrected chi connectivity index (χ0v) is 10.9. The molecule has 0 atom stereocenters. The van der Waals surface area contributed by atoms with E-state index in [0.717, 1.165) is 11.5 Å². The van der Waals surface area contributed by atoms with Crippen LogP contribution in [0.1, 0.15) is 5.69 Å². The maximum Gasteiger partial charge on any atom is 0.407 e. The molecule has 3 heterocycles. The summed E-state index contributed by atoms with van der Waals surface area (Å²) in [4.78, 5) is 16.6. The molecule has 2 aromatic heterocycles. The molecule has 1 aliphatic heterocycles. The summed E-state index contributed by atoms with van der Waals surface area (Å²) < 4.78 is 8.11. The van der Waals surface area contributed by atoms with E-state index in [2.05, 4.69) is 20.9 Å². The molecule has 0 radical (unpaired) electrons. The van der Waals surface area contributed by atoms with Crippen LogP contribution in [-0.2, 0) is 13.1 Å². The average molecular weight is 312 g/mol. The maximum absolute atomic E-state index is 10.9.